The maximum absolute atomic E-state index is 12.7. The zero-order valence-electron chi connectivity index (χ0n) is 15.6. The van der Waals surface area contributed by atoms with Gasteiger partial charge >= 0.3 is 0 Å². The van der Waals surface area contributed by atoms with Crippen LogP contribution in [-0.4, -0.2) is 33.4 Å². The van der Waals surface area contributed by atoms with Crippen LogP contribution in [0.5, 0.6) is 11.5 Å². The molecule has 142 valence electrons. The number of para-hydroxylation sites is 1. The minimum Gasteiger partial charge on any atom is -0.497 e. The van der Waals surface area contributed by atoms with Crippen molar-refractivity contribution in [1.82, 2.24) is 9.40 Å². The lowest BCUT2D eigenvalue weighted by molar-refractivity contribution is 0.392. The van der Waals surface area contributed by atoms with E-state index in [4.69, 9.17) is 9.47 Å². The summed E-state index contributed by atoms with van der Waals surface area (Å²) in [5.41, 5.74) is 2.89. The van der Waals surface area contributed by atoms with Crippen LogP contribution in [0.15, 0.2) is 52.5 Å². The Labute approximate surface area is 158 Å². The van der Waals surface area contributed by atoms with E-state index in [2.05, 4.69) is 9.93 Å². The number of aromatic nitrogens is 1. The first-order chi connectivity index (χ1) is 12.9. The van der Waals surface area contributed by atoms with Crippen LogP contribution < -0.4 is 14.3 Å². The monoisotopic (exact) mass is 387 g/mol. The van der Waals surface area contributed by atoms with E-state index < -0.39 is 10.0 Å². The number of rotatable bonds is 6. The first-order valence-corrected chi connectivity index (χ1v) is 9.68. The summed E-state index contributed by atoms with van der Waals surface area (Å²) < 4.78 is 37.6. The van der Waals surface area contributed by atoms with Gasteiger partial charge in [-0.05, 0) is 25.1 Å². The molecule has 0 bridgehead atoms. The fourth-order valence-electron chi connectivity index (χ4n) is 2.92. The lowest BCUT2D eigenvalue weighted by Crippen LogP contribution is -2.19. The lowest BCUT2D eigenvalue weighted by Gasteiger charge is -2.10. The van der Waals surface area contributed by atoms with Gasteiger partial charge in [-0.15, -0.1) is 0 Å². The molecule has 1 heterocycles. The summed E-state index contributed by atoms with van der Waals surface area (Å²) in [7, 11) is 0.905. The van der Waals surface area contributed by atoms with Gasteiger partial charge in [0, 0.05) is 35.3 Å². The number of benzene rings is 2. The van der Waals surface area contributed by atoms with Crippen molar-refractivity contribution in [3.05, 3.63) is 53.7 Å². The fraction of sp³-hybridized carbons (Fsp3) is 0.211. The van der Waals surface area contributed by atoms with Gasteiger partial charge in [0.25, 0.3) is 10.0 Å². The van der Waals surface area contributed by atoms with Crippen molar-refractivity contribution in [2.75, 3.05) is 14.2 Å². The fourth-order valence-corrected chi connectivity index (χ4v) is 3.89. The number of aryl methyl sites for hydroxylation is 1. The van der Waals surface area contributed by atoms with Gasteiger partial charge in [-0.25, -0.2) is 0 Å². The van der Waals surface area contributed by atoms with Crippen LogP contribution in [0.1, 0.15) is 11.3 Å². The molecule has 7 nitrogen and oxygen atoms in total. The number of nitrogens with zero attached hydrogens (tertiary/aromatic N) is 2. The minimum absolute atomic E-state index is 0.0452. The van der Waals surface area contributed by atoms with Crippen molar-refractivity contribution in [3.63, 3.8) is 0 Å². The third kappa shape index (κ3) is 3.48. The molecule has 0 aliphatic heterocycles. The predicted molar refractivity (Wildman–Crippen MR) is 105 cm³/mol. The summed E-state index contributed by atoms with van der Waals surface area (Å²) in [6, 6.07) is 12.4. The third-order valence-corrected chi connectivity index (χ3v) is 5.72. The number of fused-ring (bicyclic) bond motifs is 1. The van der Waals surface area contributed by atoms with Gasteiger partial charge in [0.05, 0.1) is 20.4 Å². The molecule has 0 atom stereocenters. The van der Waals surface area contributed by atoms with Gasteiger partial charge in [0.2, 0.25) is 0 Å². The molecule has 27 heavy (non-hydrogen) atoms. The Bertz CT molecular complexity index is 1120. The number of hydrazone groups is 1. The van der Waals surface area contributed by atoms with E-state index in [1.54, 1.807) is 6.07 Å². The molecule has 3 aromatic rings. The summed E-state index contributed by atoms with van der Waals surface area (Å²) in [5.74, 6) is 0.616. The third-order valence-electron chi connectivity index (χ3n) is 4.48. The van der Waals surface area contributed by atoms with E-state index in [1.165, 1.54) is 32.6 Å². The number of sulfonamides is 1. The molecule has 8 heteroatoms. The Morgan fingerprint density at radius 2 is 1.85 bits per heavy atom. The van der Waals surface area contributed by atoms with Crippen LogP contribution in [0.3, 0.4) is 0 Å². The minimum atomic E-state index is -3.92. The van der Waals surface area contributed by atoms with E-state index in [9.17, 15) is 8.42 Å². The van der Waals surface area contributed by atoms with Crippen molar-refractivity contribution < 1.29 is 17.9 Å². The summed E-state index contributed by atoms with van der Waals surface area (Å²) in [6.45, 7) is 1.96. The summed E-state index contributed by atoms with van der Waals surface area (Å²) in [4.78, 5) is 2.20. The second kappa shape index (κ2) is 7.32. The first kappa shape index (κ1) is 18.8. The molecule has 0 aliphatic carbocycles. The standard InChI is InChI=1S/C19H21N3O4S/c1-13-16(15-7-5-6-8-17(15)22(13)2)12-20-21-27(23,24)19-11-14(25-3)9-10-18(19)26-4/h5-12,21H,1-4H3/b20-12+. The summed E-state index contributed by atoms with van der Waals surface area (Å²) in [5, 5.41) is 4.97. The molecular weight excluding hydrogens is 366 g/mol. The van der Waals surface area contributed by atoms with E-state index in [-0.39, 0.29) is 10.6 Å². The van der Waals surface area contributed by atoms with E-state index in [1.807, 2.05) is 42.8 Å². The molecule has 0 unspecified atom stereocenters. The highest BCUT2D eigenvalue weighted by Crippen LogP contribution is 2.28. The van der Waals surface area contributed by atoms with Crippen molar-refractivity contribution in [2.45, 2.75) is 11.8 Å². The molecule has 0 amide bonds. The number of methoxy groups -OCH3 is 2. The van der Waals surface area contributed by atoms with Crippen LogP contribution in [0.2, 0.25) is 0 Å². The van der Waals surface area contributed by atoms with Gasteiger partial charge in [0.1, 0.15) is 16.4 Å². The van der Waals surface area contributed by atoms with E-state index in [0.717, 1.165) is 22.2 Å². The maximum Gasteiger partial charge on any atom is 0.280 e. The van der Waals surface area contributed by atoms with Crippen molar-refractivity contribution in [3.8, 4) is 11.5 Å². The highest BCUT2D eigenvalue weighted by Gasteiger charge is 2.20. The number of ether oxygens (including phenoxy) is 2. The molecule has 0 saturated heterocycles. The maximum atomic E-state index is 12.7. The van der Waals surface area contributed by atoms with E-state index >= 15 is 0 Å². The van der Waals surface area contributed by atoms with Gasteiger partial charge in [-0.1, -0.05) is 18.2 Å². The lowest BCUT2D eigenvalue weighted by atomic mass is 10.1. The highest BCUT2D eigenvalue weighted by molar-refractivity contribution is 7.89. The molecule has 0 radical (unpaired) electrons. The topological polar surface area (TPSA) is 81.9 Å². The highest BCUT2D eigenvalue weighted by atomic mass is 32.2. The zero-order valence-corrected chi connectivity index (χ0v) is 16.4. The van der Waals surface area contributed by atoms with Gasteiger partial charge in [0.15, 0.2) is 0 Å². The largest absolute Gasteiger partial charge is 0.497 e. The predicted octanol–water partition coefficient (Wildman–Crippen LogP) is 2.82. The van der Waals surface area contributed by atoms with E-state index in [0.29, 0.717) is 5.75 Å². The zero-order chi connectivity index (χ0) is 19.6. The first-order valence-electron chi connectivity index (χ1n) is 8.20. The Morgan fingerprint density at radius 3 is 2.56 bits per heavy atom. The molecule has 3 rings (SSSR count). The molecule has 0 aliphatic rings. The van der Waals surface area contributed by atoms with Gasteiger partial charge in [-0.3, -0.25) is 0 Å². The molecule has 1 aromatic heterocycles. The van der Waals surface area contributed by atoms with Crippen molar-refractivity contribution in [2.24, 2.45) is 12.1 Å². The average molecular weight is 387 g/mol. The van der Waals surface area contributed by atoms with Crippen LogP contribution in [-0.2, 0) is 17.1 Å². The Hall–Kier alpha value is -3.00. The molecule has 0 spiro atoms. The van der Waals surface area contributed by atoms with Crippen LogP contribution in [0.25, 0.3) is 10.9 Å². The van der Waals surface area contributed by atoms with Gasteiger partial charge < -0.3 is 14.0 Å². The SMILES string of the molecule is COc1ccc(OC)c(S(=O)(=O)N/N=C/c2c(C)n(C)c3ccccc23)c1. The second-order valence-corrected chi connectivity index (χ2v) is 7.57. The quantitative estimate of drug-likeness (QED) is 0.521. The smallest absolute Gasteiger partial charge is 0.280 e. The Morgan fingerprint density at radius 1 is 1.11 bits per heavy atom. The van der Waals surface area contributed by atoms with Gasteiger partial charge in [-0.2, -0.15) is 18.4 Å². The van der Waals surface area contributed by atoms with Crippen LogP contribution >= 0.6 is 0 Å². The second-order valence-electron chi connectivity index (χ2n) is 5.94. The molecule has 0 saturated carbocycles. The molecule has 1 N–H and O–H groups in total. The number of hydrogen-bond acceptors (Lipinski definition) is 5. The summed E-state index contributed by atoms with van der Waals surface area (Å²) >= 11 is 0. The van der Waals surface area contributed by atoms with Crippen LogP contribution in [0, 0.1) is 6.92 Å². The van der Waals surface area contributed by atoms with Crippen LogP contribution in [0.4, 0.5) is 0 Å². The summed E-state index contributed by atoms with van der Waals surface area (Å²) in [6.07, 6.45) is 1.52. The van der Waals surface area contributed by atoms with Crippen molar-refractivity contribution in [1.29, 1.82) is 0 Å². The normalized spacial score (nSPS) is 11.9. The molecule has 2 aromatic carbocycles. The molecular formula is C19H21N3O4S. The number of hydrogen-bond donors (Lipinski definition) is 1. The average Bonchev–Trinajstić information content (AvgIpc) is 2.92. The number of nitrogens with one attached hydrogen (secondary N) is 1. The van der Waals surface area contributed by atoms with Crippen molar-refractivity contribution >= 4 is 27.1 Å². The Kier molecular flexibility index (Phi) is 5.09. The Balaban J connectivity index is 1.94. The molecule has 0 fully saturated rings.